The third kappa shape index (κ3) is 3.97. The topological polar surface area (TPSA) is 40.5 Å². The summed E-state index contributed by atoms with van der Waals surface area (Å²) in [5.74, 6) is -0.928. The maximum absolute atomic E-state index is 11.1. The number of carbonyl (C=O) groups is 1. The highest BCUT2D eigenvalue weighted by atomic mass is 35.5. The van der Waals surface area contributed by atoms with Gasteiger partial charge >= 0.3 is 5.97 Å². The largest absolute Gasteiger partial charge is 0.481 e. The lowest BCUT2D eigenvalue weighted by Gasteiger charge is -2.32. The van der Waals surface area contributed by atoms with E-state index in [0.29, 0.717) is 6.54 Å². The fourth-order valence-electron chi connectivity index (χ4n) is 2.72. The first kappa shape index (κ1) is 15.3. The molecule has 20 heavy (non-hydrogen) atoms. The van der Waals surface area contributed by atoms with Gasteiger partial charge in [0.05, 0.1) is 11.3 Å². The molecule has 4 heteroatoms. The number of carboxylic acids is 1. The summed E-state index contributed by atoms with van der Waals surface area (Å²) in [5.41, 5.74) is 2.42. The average Bonchev–Trinajstić information content (AvgIpc) is 2.47. The van der Waals surface area contributed by atoms with Crippen LogP contribution in [0.4, 0.5) is 0 Å². The van der Waals surface area contributed by atoms with Crippen LogP contribution in [0.2, 0.25) is 0 Å². The van der Waals surface area contributed by atoms with E-state index in [1.54, 1.807) is 0 Å². The highest BCUT2D eigenvalue weighted by Gasteiger charge is 2.26. The van der Waals surface area contributed by atoms with E-state index in [2.05, 4.69) is 36.1 Å². The highest BCUT2D eigenvalue weighted by molar-refractivity contribution is 6.21. The van der Waals surface area contributed by atoms with Crippen molar-refractivity contribution in [3.8, 4) is 0 Å². The fourth-order valence-corrected chi connectivity index (χ4v) is 3.06. The van der Waals surface area contributed by atoms with Crippen molar-refractivity contribution in [2.45, 2.75) is 31.6 Å². The first-order chi connectivity index (χ1) is 9.60. The van der Waals surface area contributed by atoms with Gasteiger partial charge in [-0.3, -0.25) is 4.79 Å². The fraction of sp³-hybridized carbons (Fsp3) is 0.562. The van der Waals surface area contributed by atoms with E-state index in [1.807, 2.05) is 0 Å². The van der Waals surface area contributed by atoms with Crippen molar-refractivity contribution >= 4 is 17.6 Å². The molecule has 1 saturated heterocycles. The zero-order valence-electron chi connectivity index (χ0n) is 11.9. The van der Waals surface area contributed by atoms with E-state index in [0.717, 1.165) is 37.9 Å². The van der Waals surface area contributed by atoms with Crippen LogP contribution in [-0.2, 0) is 11.2 Å². The zero-order chi connectivity index (χ0) is 14.5. The van der Waals surface area contributed by atoms with E-state index < -0.39 is 5.97 Å². The Morgan fingerprint density at radius 2 is 2.15 bits per heavy atom. The number of alkyl halides is 1. The van der Waals surface area contributed by atoms with E-state index in [-0.39, 0.29) is 11.3 Å². The number of likely N-dealkylation sites (tertiary alicyclic amines) is 1. The van der Waals surface area contributed by atoms with Gasteiger partial charge in [-0.25, -0.2) is 0 Å². The van der Waals surface area contributed by atoms with Gasteiger partial charge < -0.3 is 10.0 Å². The Hall–Kier alpha value is -1.06. The normalized spacial score (nSPS) is 21.6. The molecule has 2 unspecified atom stereocenters. The summed E-state index contributed by atoms with van der Waals surface area (Å²) in [7, 11) is 0. The summed E-state index contributed by atoms with van der Waals surface area (Å²) in [6.07, 6.45) is 2.75. The predicted molar refractivity (Wildman–Crippen MR) is 81.2 cm³/mol. The van der Waals surface area contributed by atoms with Crippen LogP contribution in [0.15, 0.2) is 24.3 Å². The lowest BCUT2D eigenvalue weighted by atomic mass is 9.97. The van der Waals surface area contributed by atoms with Crippen molar-refractivity contribution in [1.82, 2.24) is 4.90 Å². The van der Waals surface area contributed by atoms with Crippen LogP contribution < -0.4 is 0 Å². The van der Waals surface area contributed by atoms with Gasteiger partial charge in [0.1, 0.15) is 0 Å². The maximum Gasteiger partial charge on any atom is 0.307 e. The number of benzene rings is 1. The second kappa shape index (κ2) is 7.09. The SMILES string of the molecule is CCc1ccc(C(Cl)CN2CCCC(C(=O)O)C2)cc1. The molecule has 0 saturated carbocycles. The molecule has 0 radical (unpaired) electrons. The zero-order valence-corrected chi connectivity index (χ0v) is 12.6. The number of aliphatic carboxylic acids is 1. The van der Waals surface area contributed by atoms with Gasteiger partial charge in [-0.05, 0) is 36.9 Å². The van der Waals surface area contributed by atoms with Gasteiger partial charge in [0, 0.05) is 13.1 Å². The molecule has 1 aliphatic heterocycles. The van der Waals surface area contributed by atoms with Crippen molar-refractivity contribution < 1.29 is 9.90 Å². The number of nitrogens with zero attached hydrogens (tertiary/aromatic N) is 1. The summed E-state index contributed by atoms with van der Waals surface area (Å²) in [6, 6.07) is 8.38. The average molecular weight is 296 g/mol. The molecular weight excluding hydrogens is 274 g/mol. The molecule has 1 aromatic carbocycles. The summed E-state index contributed by atoms with van der Waals surface area (Å²) >= 11 is 6.47. The Labute approximate surface area is 125 Å². The summed E-state index contributed by atoms with van der Waals surface area (Å²) in [4.78, 5) is 13.2. The Balaban J connectivity index is 1.92. The second-order valence-corrected chi connectivity index (χ2v) is 6.03. The molecule has 1 fully saturated rings. The molecule has 0 aromatic heterocycles. The minimum absolute atomic E-state index is 0.0755. The Bertz CT molecular complexity index is 446. The number of rotatable bonds is 5. The standard InChI is InChI=1S/C16H22ClNO2/c1-2-12-5-7-13(8-6-12)15(17)11-18-9-3-4-14(10-18)16(19)20/h5-8,14-15H,2-4,9-11H2,1H3,(H,19,20). The van der Waals surface area contributed by atoms with Gasteiger partial charge in [-0.15, -0.1) is 11.6 Å². The van der Waals surface area contributed by atoms with Crippen LogP contribution in [0, 0.1) is 5.92 Å². The lowest BCUT2D eigenvalue weighted by Crippen LogP contribution is -2.40. The van der Waals surface area contributed by atoms with Crippen molar-refractivity contribution in [2.24, 2.45) is 5.92 Å². The Kier molecular flexibility index (Phi) is 5.44. The lowest BCUT2D eigenvalue weighted by molar-refractivity contribution is -0.143. The number of aryl methyl sites for hydroxylation is 1. The van der Waals surface area contributed by atoms with E-state index >= 15 is 0 Å². The molecule has 1 aromatic rings. The van der Waals surface area contributed by atoms with Gasteiger partial charge in [0.15, 0.2) is 0 Å². The smallest absolute Gasteiger partial charge is 0.307 e. The molecule has 2 rings (SSSR count). The molecule has 2 atom stereocenters. The number of carboxylic acid groups (broad SMARTS) is 1. The van der Waals surface area contributed by atoms with Gasteiger partial charge in [-0.2, -0.15) is 0 Å². The maximum atomic E-state index is 11.1. The minimum Gasteiger partial charge on any atom is -0.481 e. The molecule has 0 bridgehead atoms. The van der Waals surface area contributed by atoms with Crippen molar-refractivity contribution in [3.05, 3.63) is 35.4 Å². The Morgan fingerprint density at radius 1 is 1.45 bits per heavy atom. The van der Waals surface area contributed by atoms with Crippen LogP contribution in [-0.4, -0.2) is 35.6 Å². The monoisotopic (exact) mass is 295 g/mol. The molecule has 3 nitrogen and oxygen atoms in total. The van der Waals surface area contributed by atoms with Crippen LogP contribution in [0.5, 0.6) is 0 Å². The summed E-state index contributed by atoms with van der Waals surface area (Å²) < 4.78 is 0. The first-order valence-corrected chi connectivity index (χ1v) is 7.72. The van der Waals surface area contributed by atoms with Crippen LogP contribution in [0.1, 0.15) is 36.3 Å². The highest BCUT2D eigenvalue weighted by Crippen LogP contribution is 2.25. The summed E-state index contributed by atoms with van der Waals surface area (Å²) in [6.45, 7) is 4.41. The van der Waals surface area contributed by atoms with E-state index in [1.165, 1.54) is 5.56 Å². The third-order valence-corrected chi connectivity index (χ3v) is 4.41. The second-order valence-electron chi connectivity index (χ2n) is 5.50. The molecular formula is C16H22ClNO2. The van der Waals surface area contributed by atoms with Crippen molar-refractivity contribution in [1.29, 1.82) is 0 Å². The molecule has 0 amide bonds. The summed E-state index contributed by atoms with van der Waals surface area (Å²) in [5, 5.41) is 9.03. The van der Waals surface area contributed by atoms with Gasteiger partial charge in [0.2, 0.25) is 0 Å². The number of hydrogen-bond donors (Lipinski definition) is 1. The van der Waals surface area contributed by atoms with Crippen LogP contribution >= 0.6 is 11.6 Å². The van der Waals surface area contributed by atoms with Crippen molar-refractivity contribution in [3.63, 3.8) is 0 Å². The quantitative estimate of drug-likeness (QED) is 0.847. The van der Waals surface area contributed by atoms with E-state index in [4.69, 9.17) is 16.7 Å². The third-order valence-electron chi connectivity index (χ3n) is 4.02. The van der Waals surface area contributed by atoms with Crippen molar-refractivity contribution in [2.75, 3.05) is 19.6 Å². The number of piperidine rings is 1. The molecule has 1 N–H and O–H groups in total. The van der Waals surface area contributed by atoms with E-state index in [9.17, 15) is 4.79 Å². The minimum atomic E-state index is -0.687. The van der Waals surface area contributed by atoms with Crippen LogP contribution in [0.25, 0.3) is 0 Å². The molecule has 1 aliphatic rings. The Morgan fingerprint density at radius 3 is 2.75 bits per heavy atom. The molecule has 110 valence electrons. The van der Waals surface area contributed by atoms with Crippen LogP contribution in [0.3, 0.4) is 0 Å². The first-order valence-electron chi connectivity index (χ1n) is 7.28. The number of hydrogen-bond acceptors (Lipinski definition) is 2. The van der Waals surface area contributed by atoms with Gasteiger partial charge in [-0.1, -0.05) is 31.2 Å². The molecule has 0 spiro atoms. The number of halogens is 1. The van der Waals surface area contributed by atoms with Gasteiger partial charge in [0.25, 0.3) is 0 Å². The molecule has 1 heterocycles. The molecule has 0 aliphatic carbocycles. The predicted octanol–water partition coefficient (Wildman–Crippen LogP) is 3.33.